The van der Waals surface area contributed by atoms with Crippen LogP contribution in [0.3, 0.4) is 0 Å². The second-order valence-corrected chi connectivity index (χ2v) is 5.23. The minimum Gasteiger partial charge on any atom is -0.468 e. The van der Waals surface area contributed by atoms with Gasteiger partial charge >= 0.3 is 0 Å². The fourth-order valence-electron chi connectivity index (χ4n) is 2.20. The third kappa shape index (κ3) is 2.28. The molecule has 0 N–H and O–H groups in total. The first-order valence-electron chi connectivity index (χ1n) is 5.76. The molecule has 3 heteroatoms. The van der Waals surface area contributed by atoms with Crippen molar-refractivity contribution in [2.75, 3.05) is 13.1 Å². The monoisotopic (exact) mass is 218 g/mol. The molecule has 0 aliphatic carbocycles. The third-order valence-electron chi connectivity index (χ3n) is 3.57. The molecule has 1 atom stereocenters. The number of likely N-dealkylation sites (tertiary alicyclic amines) is 1. The Morgan fingerprint density at radius 1 is 1.62 bits per heavy atom. The quantitative estimate of drug-likeness (QED) is 0.766. The summed E-state index contributed by atoms with van der Waals surface area (Å²) in [5.41, 5.74) is 0.147. The van der Waals surface area contributed by atoms with Crippen LogP contribution < -0.4 is 0 Å². The third-order valence-corrected chi connectivity index (χ3v) is 3.57. The van der Waals surface area contributed by atoms with Crippen molar-refractivity contribution in [3.8, 4) is 6.07 Å². The summed E-state index contributed by atoms with van der Waals surface area (Å²) in [5.74, 6) is 1.10. The van der Waals surface area contributed by atoms with Crippen molar-refractivity contribution in [1.82, 2.24) is 4.90 Å². The molecule has 2 rings (SSSR count). The number of furan rings is 1. The van der Waals surface area contributed by atoms with Crippen molar-refractivity contribution in [2.45, 2.75) is 26.8 Å². The topological polar surface area (TPSA) is 40.2 Å². The fourth-order valence-corrected chi connectivity index (χ4v) is 2.20. The molecule has 0 saturated carbocycles. The summed E-state index contributed by atoms with van der Waals surface area (Å²) in [6, 6.07) is 6.33. The van der Waals surface area contributed by atoms with Crippen molar-refractivity contribution >= 4 is 0 Å². The van der Waals surface area contributed by atoms with Gasteiger partial charge in [0.1, 0.15) is 5.76 Å². The van der Waals surface area contributed by atoms with E-state index >= 15 is 0 Å². The van der Waals surface area contributed by atoms with Crippen LogP contribution in [0.4, 0.5) is 0 Å². The maximum absolute atomic E-state index is 9.17. The summed E-state index contributed by atoms with van der Waals surface area (Å²) in [6.07, 6.45) is 2.77. The Balaban J connectivity index is 1.98. The Hall–Kier alpha value is -1.27. The zero-order valence-corrected chi connectivity index (χ0v) is 9.94. The van der Waals surface area contributed by atoms with Gasteiger partial charge in [0.05, 0.1) is 24.8 Å². The van der Waals surface area contributed by atoms with E-state index in [9.17, 15) is 5.26 Å². The Morgan fingerprint density at radius 2 is 2.44 bits per heavy atom. The van der Waals surface area contributed by atoms with Gasteiger partial charge in [-0.2, -0.15) is 5.26 Å². The molecule has 1 aliphatic rings. The van der Waals surface area contributed by atoms with Gasteiger partial charge in [0, 0.05) is 6.54 Å². The largest absolute Gasteiger partial charge is 0.468 e. The smallest absolute Gasteiger partial charge is 0.117 e. The van der Waals surface area contributed by atoms with Crippen LogP contribution in [-0.4, -0.2) is 18.0 Å². The molecule has 1 aromatic heterocycles. The minimum absolute atomic E-state index is 0.121. The summed E-state index contributed by atoms with van der Waals surface area (Å²) in [6.45, 7) is 7.09. The van der Waals surface area contributed by atoms with Gasteiger partial charge in [-0.15, -0.1) is 0 Å². The molecule has 86 valence electrons. The van der Waals surface area contributed by atoms with E-state index in [1.165, 1.54) is 0 Å². The molecule has 1 unspecified atom stereocenters. The Kier molecular flexibility index (Phi) is 3.02. The predicted octanol–water partition coefficient (Wildman–Crippen LogP) is 2.65. The van der Waals surface area contributed by atoms with E-state index in [2.05, 4.69) is 24.8 Å². The van der Waals surface area contributed by atoms with Crippen LogP contribution in [0.15, 0.2) is 22.8 Å². The SMILES string of the molecule is CC1(C)CCN(Cc2ccco2)CC1C#N. The van der Waals surface area contributed by atoms with Gasteiger partial charge < -0.3 is 4.42 Å². The highest BCUT2D eigenvalue weighted by atomic mass is 16.3. The average molecular weight is 218 g/mol. The molecular weight excluding hydrogens is 200 g/mol. The van der Waals surface area contributed by atoms with Crippen LogP contribution in [0.2, 0.25) is 0 Å². The second kappa shape index (κ2) is 4.31. The van der Waals surface area contributed by atoms with E-state index in [0.717, 1.165) is 31.8 Å². The average Bonchev–Trinajstić information content (AvgIpc) is 2.73. The van der Waals surface area contributed by atoms with Gasteiger partial charge in [0.2, 0.25) is 0 Å². The Morgan fingerprint density at radius 3 is 3.06 bits per heavy atom. The molecule has 0 spiro atoms. The Labute approximate surface area is 96.7 Å². The maximum atomic E-state index is 9.17. The molecule has 2 heterocycles. The van der Waals surface area contributed by atoms with Crippen molar-refractivity contribution in [3.63, 3.8) is 0 Å². The van der Waals surface area contributed by atoms with Crippen LogP contribution in [0.5, 0.6) is 0 Å². The summed E-state index contributed by atoms with van der Waals surface area (Å²) in [7, 11) is 0. The van der Waals surface area contributed by atoms with E-state index in [1.54, 1.807) is 6.26 Å². The molecule has 1 saturated heterocycles. The highest BCUT2D eigenvalue weighted by Crippen LogP contribution is 2.35. The van der Waals surface area contributed by atoms with E-state index in [-0.39, 0.29) is 11.3 Å². The van der Waals surface area contributed by atoms with Crippen molar-refractivity contribution in [3.05, 3.63) is 24.2 Å². The highest BCUT2D eigenvalue weighted by molar-refractivity contribution is 5.02. The molecule has 1 fully saturated rings. The van der Waals surface area contributed by atoms with Crippen LogP contribution >= 0.6 is 0 Å². The lowest BCUT2D eigenvalue weighted by Gasteiger charge is -2.40. The van der Waals surface area contributed by atoms with Crippen LogP contribution in [0.25, 0.3) is 0 Å². The van der Waals surface area contributed by atoms with Crippen molar-refractivity contribution < 1.29 is 4.42 Å². The Bertz CT molecular complexity index is 375. The molecule has 1 aromatic rings. The number of piperidine rings is 1. The van der Waals surface area contributed by atoms with Gasteiger partial charge in [0.25, 0.3) is 0 Å². The maximum Gasteiger partial charge on any atom is 0.117 e. The molecule has 3 nitrogen and oxygen atoms in total. The van der Waals surface area contributed by atoms with E-state index < -0.39 is 0 Å². The fraction of sp³-hybridized carbons (Fsp3) is 0.615. The molecule has 1 aliphatic heterocycles. The lowest BCUT2D eigenvalue weighted by Crippen LogP contribution is -2.43. The van der Waals surface area contributed by atoms with Crippen LogP contribution in [0.1, 0.15) is 26.0 Å². The van der Waals surface area contributed by atoms with Gasteiger partial charge in [-0.1, -0.05) is 13.8 Å². The molecule has 0 radical (unpaired) electrons. The normalized spacial score (nSPS) is 25.2. The molecule has 0 aromatic carbocycles. The minimum atomic E-state index is 0.121. The van der Waals surface area contributed by atoms with Gasteiger partial charge in [-0.05, 0) is 30.5 Å². The second-order valence-electron chi connectivity index (χ2n) is 5.23. The van der Waals surface area contributed by atoms with E-state index in [1.807, 2.05) is 12.1 Å². The lowest BCUT2D eigenvalue weighted by molar-refractivity contribution is 0.0811. The number of hydrogen-bond acceptors (Lipinski definition) is 3. The molecular formula is C13H18N2O. The number of nitrogens with zero attached hydrogens (tertiary/aromatic N) is 2. The standard InChI is InChI=1S/C13H18N2O/c1-13(2)5-6-15(9-11(13)8-14)10-12-4-3-7-16-12/h3-4,7,11H,5-6,9-10H2,1-2H3. The molecule has 0 bridgehead atoms. The zero-order chi connectivity index (χ0) is 11.6. The molecule has 0 amide bonds. The number of nitriles is 1. The van der Waals surface area contributed by atoms with E-state index in [4.69, 9.17) is 4.42 Å². The zero-order valence-electron chi connectivity index (χ0n) is 9.94. The van der Waals surface area contributed by atoms with E-state index in [0.29, 0.717) is 0 Å². The summed E-state index contributed by atoms with van der Waals surface area (Å²) < 4.78 is 5.33. The highest BCUT2D eigenvalue weighted by Gasteiger charge is 2.35. The summed E-state index contributed by atoms with van der Waals surface area (Å²) in [5, 5.41) is 9.17. The summed E-state index contributed by atoms with van der Waals surface area (Å²) in [4.78, 5) is 2.30. The number of hydrogen-bond donors (Lipinski definition) is 0. The van der Waals surface area contributed by atoms with Crippen LogP contribution in [0, 0.1) is 22.7 Å². The van der Waals surface area contributed by atoms with Gasteiger partial charge in [-0.25, -0.2) is 0 Å². The van der Waals surface area contributed by atoms with Crippen molar-refractivity contribution in [2.24, 2.45) is 11.3 Å². The molecule has 16 heavy (non-hydrogen) atoms. The lowest BCUT2D eigenvalue weighted by atomic mass is 9.74. The van der Waals surface area contributed by atoms with Crippen LogP contribution in [-0.2, 0) is 6.54 Å². The van der Waals surface area contributed by atoms with Crippen molar-refractivity contribution in [1.29, 1.82) is 5.26 Å². The first-order chi connectivity index (χ1) is 7.62. The summed E-state index contributed by atoms with van der Waals surface area (Å²) >= 11 is 0. The van der Waals surface area contributed by atoms with Gasteiger partial charge in [-0.3, -0.25) is 4.90 Å². The predicted molar refractivity (Wildman–Crippen MR) is 61.5 cm³/mol. The first kappa shape index (κ1) is 11.2. The first-order valence-corrected chi connectivity index (χ1v) is 5.76. The van der Waals surface area contributed by atoms with Gasteiger partial charge in [0.15, 0.2) is 0 Å². The number of rotatable bonds is 2.